The fourth-order valence-electron chi connectivity index (χ4n) is 0.908. The van der Waals surface area contributed by atoms with Gasteiger partial charge in [0.25, 0.3) is 0 Å². The Kier molecular flexibility index (Phi) is 4.44. The molecule has 0 radical (unpaired) electrons. The van der Waals surface area contributed by atoms with Crippen LogP contribution >= 0.6 is 11.3 Å². The normalized spacial score (nSPS) is 11.7. The van der Waals surface area contributed by atoms with Gasteiger partial charge in [-0.15, -0.1) is 10.2 Å². The molecular formula is C9H18N4OS. The monoisotopic (exact) mass is 230 g/mol. The Bertz CT molecular complexity index is 295. The fraction of sp³-hybridized carbons (Fsp3) is 0.778. The van der Waals surface area contributed by atoms with Crippen molar-refractivity contribution in [1.82, 2.24) is 10.2 Å². The third-order valence-electron chi connectivity index (χ3n) is 1.81. The van der Waals surface area contributed by atoms with E-state index in [1.54, 1.807) is 0 Å². The summed E-state index contributed by atoms with van der Waals surface area (Å²) in [6.45, 7) is 7.83. The highest BCUT2D eigenvalue weighted by atomic mass is 32.1. The highest BCUT2D eigenvalue weighted by Crippen LogP contribution is 2.19. The van der Waals surface area contributed by atoms with Crippen molar-refractivity contribution in [3.8, 4) is 0 Å². The van der Waals surface area contributed by atoms with Crippen LogP contribution in [0.2, 0.25) is 0 Å². The van der Waals surface area contributed by atoms with E-state index in [4.69, 9.17) is 10.6 Å². The average Bonchev–Trinajstić information content (AvgIpc) is 2.59. The van der Waals surface area contributed by atoms with Gasteiger partial charge in [0, 0.05) is 6.61 Å². The molecule has 1 heterocycles. The molecule has 0 unspecified atom stereocenters. The van der Waals surface area contributed by atoms with Crippen molar-refractivity contribution in [2.75, 3.05) is 12.0 Å². The van der Waals surface area contributed by atoms with Crippen LogP contribution in [0.5, 0.6) is 0 Å². The van der Waals surface area contributed by atoms with Crippen molar-refractivity contribution in [1.29, 1.82) is 0 Å². The molecule has 0 amide bonds. The summed E-state index contributed by atoms with van der Waals surface area (Å²) in [5, 5.41) is 9.20. The van der Waals surface area contributed by atoms with E-state index >= 15 is 0 Å². The average molecular weight is 230 g/mol. The molecular weight excluding hydrogens is 212 g/mol. The number of hydrogen-bond donors (Lipinski definition) is 2. The predicted molar refractivity (Wildman–Crippen MR) is 61.4 cm³/mol. The number of anilines is 1. The Balaban J connectivity index is 2.20. The van der Waals surface area contributed by atoms with Gasteiger partial charge in [-0.3, -0.25) is 5.43 Å². The number of nitrogen functional groups attached to an aromatic ring is 1. The first-order chi connectivity index (χ1) is 7.01. The van der Waals surface area contributed by atoms with Gasteiger partial charge in [0.2, 0.25) is 5.13 Å². The Morgan fingerprint density at radius 3 is 2.67 bits per heavy atom. The molecule has 86 valence electrons. The summed E-state index contributed by atoms with van der Waals surface area (Å²) in [6.07, 6.45) is 1.04. The summed E-state index contributed by atoms with van der Waals surface area (Å²) in [7, 11) is 0. The molecule has 1 aromatic rings. The maximum atomic E-state index is 5.49. The van der Waals surface area contributed by atoms with Crippen LogP contribution in [0, 0.1) is 5.41 Å². The number of ether oxygens (including phenoxy) is 1. The van der Waals surface area contributed by atoms with Crippen molar-refractivity contribution in [3.05, 3.63) is 5.01 Å². The minimum absolute atomic E-state index is 0.311. The highest BCUT2D eigenvalue weighted by molar-refractivity contribution is 7.15. The molecule has 1 aromatic heterocycles. The van der Waals surface area contributed by atoms with Crippen molar-refractivity contribution in [2.24, 2.45) is 11.3 Å². The third kappa shape index (κ3) is 5.06. The second kappa shape index (κ2) is 5.39. The number of nitrogens with one attached hydrogen (secondary N) is 1. The van der Waals surface area contributed by atoms with Crippen LogP contribution in [0.15, 0.2) is 0 Å². The summed E-state index contributed by atoms with van der Waals surface area (Å²) >= 11 is 1.41. The van der Waals surface area contributed by atoms with Crippen molar-refractivity contribution in [3.63, 3.8) is 0 Å². The number of nitrogens with zero attached hydrogens (tertiary/aromatic N) is 2. The molecule has 0 spiro atoms. The lowest BCUT2D eigenvalue weighted by Crippen LogP contribution is -2.09. The van der Waals surface area contributed by atoms with Crippen molar-refractivity contribution < 1.29 is 4.74 Å². The largest absolute Gasteiger partial charge is 0.374 e. The summed E-state index contributed by atoms with van der Waals surface area (Å²) in [4.78, 5) is 0. The predicted octanol–water partition coefficient (Wildman–Crippen LogP) is 1.78. The fourth-order valence-corrected chi connectivity index (χ4v) is 1.50. The van der Waals surface area contributed by atoms with Crippen LogP contribution in [0.25, 0.3) is 0 Å². The second-order valence-corrected chi connectivity index (χ2v) is 5.57. The lowest BCUT2D eigenvalue weighted by Gasteiger charge is -2.17. The summed E-state index contributed by atoms with van der Waals surface area (Å²) < 4.78 is 5.49. The van der Waals surface area contributed by atoms with E-state index in [0.29, 0.717) is 17.2 Å². The van der Waals surface area contributed by atoms with E-state index in [1.807, 2.05) is 0 Å². The van der Waals surface area contributed by atoms with Crippen LogP contribution in [0.4, 0.5) is 5.13 Å². The van der Waals surface area contributed by atoms with E-state index in [1.165, 1.54) is 11.3 Å². The van der Waals surface area contributed by atoms with E-state index in [0.717, 1.165) is 18.0 Å². The number of nitrogens with two attached hydrogens (primary N) is 1. The number of hydrogen-bond acceptors (Lipinski definition) is 6. The summed E-state index contributed by atoms with van der Waals surface area (Å²) in [6, 6.07) is 0. The molecule has 5 nitrogen and oxygen atoms in total. The zero-order chi connectivity index (χ0) is 11.3. The van der Waals surface area contributed by atoms with Crippen LogP contribution in [-0.4, -0.2) is 16.8 Å². The zero-order valence-corrected chi connectivity index (χ0v) is 10.2. The molecule has 15 heavy (non-hydrogen) atoms. The maximum absolute atomic E-state index is 5.49. The molecule has 0 atom stereocenters. The minimum Gasteiger partial charge on any atom is -0.374 e. The van der Waals surface area contributed by atoms with Crippen LogP contribution < -0.4 is 11.3 Å². The molecule has 0 aromatic carbocycles. The van der Waals surface area contributed by atoms with Crippen LogP contribution in [0.3, 0.4) is 0 Å². The van der Waals surface area contributed by atoms with Crippen LogP contribution in [-0.2, 0) is 11.3 Å². The highest BCUT2D eigenvalue weighted by Gasteiger charge is 2.10. The van der Waals surface area contributed by atoms with E-state index in [9.17, 15) is 0 Å². The molecule has 1 rings (SSSR count). The Hall–Kier alpha value is -0.720. The smallest absolute Gasteiger partial charge is 0.219 e. The molecule has 0 aliphatic heterocycles. The Labute approximate surface area is 94.0 Å². The topological polar surface area (TPSA) is 73.1 Å². The Morgan fingerprint density at radius 2 is 2.13 bits per heavy atom. The zero-order valence-electron chi connectivity index (χ0n) is 9.41. The van der Waals surface area contributed by atoms with Crippen molar-refractivity contribution >= 4 is 16.5 Å². The van der Waals surface area contributed by atoms with Gasteiger partial charge >= 0.3 is 0 Å². The second-order valence-electron chi connectivity index (χ2n) is 4.51. The standard InChI is InChI=1S/C9H18N4OS/c1-9(2,3)4-5-14-6-7-12-13-8(11-10)15-7/h4-6,10H2,1-3H3,(H,11,13). The third-order valence-corrected chi connectivity index (χ3v) is 2.64. The van der Waals surface area contributed by atoms with Gasteiger partial charge in [-0.1, -0.05) is 32.1 Å². The molecule has 0 aliphatic carbocycles. The van der Waals surface area contributed by atoms with Gasteiger partial charge in [0.15, 0.2) is 0 Å². The van der Waals surface area contributed by atoms with E-state index in [2.05, 4.69) is 36.4 Å². The molecule has 0 aliphatic rings. The quantitative estimate of drug-likeness (QED) is 0.458. The lowest BCUT2D eigenvalue weighted by molar-refractivity contribution is 0.0957. The maximum Gasteiger partial charge on any atom is 0.219 e. The Morgan fingerprint density at radius 1 is 1.40 bits per heavy atom. The molecule has 0 saturated carbocycles. The van der Waals surface area contributed by atoms with Gasteiger partial charge in [-0.25, -0.2) is 5.84 Å². The van der Waals surface area contributed by atoms with E-state index < -0.39 is 0 Å². The first-order valence-electron chi connectivity index (χ1n) is 4.88. The van der Waals surface area contributed by atoms with Gasteiger partial charge in [0.1, 0.15) is 11.6 Å². The van der Waals surface area contributed by atoms with Crippen LogP contribution in [0.1, 0.15) is 32.2 Å². The van der Waals surface area contributed by atoms with Gasteiger partial charge in [-0.05, 0) is 11.8 Å². The summed E-state index contributed by atoms with van der Waals surface area (Å²) in [5.74, 6) is 5.19. The first kappa shape index (κ1) is 12.4. The van der Waals surface area contributed by atoms with Crippen molar-refractivity contribution in [2.45, 2.75) is 33.8 Å². The molecule has 0 saturated heterocycles. The minimum atomic E-state index is 0.311. The number of rotatable bonds is 5. The lowest BCUT2D eigenvalue weighted by atomic mass is 9.93. The number of hydrazine groups is 1. The number of aromatic nitrogens is 2. The summed E-state index contributed by atoms with van der Waals surface area (Å²) in [5.41, 5.74) is 2.76. The van der Waals surface area contributed by atoms with E-state index in [-0.39, 0.29) is 0 Å². The van der Waals surface area contributed by atoms with Gasteiger partial charge in [-0.2, -0.15) is 0 Å². The SMILES string of the molecule is CC(C)(C)CCOCc1nnc(NN)s1. The first-order valence-corrected chi connectivity index (χ1v) is 5.70. The van der Waals surface area contributed by atoms with Gasteiger partial charge in [0.05, 0.1) is 0 Å². The molecule has 3 N–H and O–H groups in total. The van der Waals surface area contributed by atoms with Gasteiger partial charge < -0.3 is 4.74 Å². The molecule has 0 fully saturated rings. The molecule has 6 heteroatoms. The molecule has 0 bridgehead atoms.